The Bertz CT molecular complexity index is 455. The third kappa shape index (κ3) is 6.16. The highest BCUT2D eigenvalue weighted by Crippen LogP contribution is 2.25. The molecule has 1 atom stereocenters. The van der Waals surface area contributed by atoms with Crippen molar-refractivity contribution in [2.24, 2.45) is 5.73 Å². The Kier molecular flexibility index (Phi) is 6.15. The number of ether oxygens (including phenoxy) is 1. The van der Waals surface area contributed by atoms with Crippen LogP contribution in [0.4, 0.5) is 18.9 Å². The maximum atomic E-state index is 12.1. The van der Waals surface area contributed by atoms with E-state index in [4.69, 9.17) is 5.73 Å². The predicted molar refractivity (Wildman–Crippen MR) is 72.7 cm³/mol. The fourth-order valence-electron chi connectivity index (χ4n) is 1.38. The van der Waals surface area contributed by atoms with Crippen LogP contribution in [0.3, 0.4) is 0 Å². The minimum atomic E-state index is -4.77. The van der Waals surface area contributed by atoms with Crippen molar-refractivity contribution in [3.05, 3.63) is 24.3 Å². The van der Waals surface area contributed by atoms with E-state index >= 15 is 0 Å². The maximum absolute atomic E-state index is 12.1. The van der Waals surface area contributed by atoms with Gasteiger partial charge in [0.15, 0.2) is 0 Å². The van der Waals surface area contributed by atoms with Crippen molar-refractivity contribution in [2.45, 2.75) is 18.8 Å². The second kappa shape index (κ2) is 7.39. The van der Waals surface area contributed by atoms with Gasteiger partial charge in [0.25, 0.3) is 0 Å². The topological polar surface area (TPSA) is 64.4 Å². The number of carbonyl (C=O) groups excluding carboxylic acids is 1. The molecule has 0 bridgehead atoms. The van der Waals surface area contributed by atoms with Crippen LogP contribution < -0.4 is 15.8 Å². The highest BCUT2D eigenvalue weighted by Gasteiger charge is 2.31. The summed E-state index contributed by atoms with van der Waals surface area (Å²) in [6.07, 6.45) is -2.38. The molecule has 0 saturated carbocycles. The van der Waals surface area contributed by atoms with Gasteiger partial charge in [0, 0.05) is 11.8 Å². The lowest BCUT2D eigenvalue weighted by Gasteiger charge is -2.13. The van der Waals surface area contributed by atoms with E-state index in [9.17, 15) is 18.0 Å². The van der Waals surface area contributed by atoms with E-state index in [1.807, 2.05) is 6.26 Å². The summed E-state index contributed by atoms with van der Waals surface area (Å²) < 4.78 is 40.0. The molecule has 0 fully saturated rings. The number of carbonyl (C=O) groups is 1. The molecular weight excluding hydrogens is 293 g/mol. The molecule has 20 heavy (non-hydrogen) atoms. The lowest BCUT2D eigenvalue weighted by atomic mass is 10.2. The Morgan fingerprint density at radius 3 is 2.80 bits per heavy atom. The van der Waals surface area contributed by atoms with Crippen LogP contribution in [0.1, 0.15) is 6.42 Å². The van der Waals surface area contributed by atoms with Gasteiger partial charge in [-0.25, -0.2) is 0 Å². The Morgan fingerprint density at radius 2 is 2.20 bits per heavy atom. The van der Waals surface area contributed by atoms with Crippen molar-refractivity contribution in [1.29, 1.82) is 0 Å². The Morgan fingerprint density at radius 1 is 1.50 bits per heavy atom. The molecule has 1 amide bonds. The fourth-order valence-corrected chi connectivity index (χ4v) is 1.87. The number of nitrogens with two attached hydrogens (primary N) is 1. The molecule has 0 unspecified atom stereocenters. The van der Waals surface area contributed by atoms with E-state index in [1.54, 1.807) is 11.8 Å². The Hall–Kier alpha value is -1.41. The van der Waals surface area contributed by atoms with Gasteiger partial charge in [-0.15, -0.1) is 13.2 Å². The van der Waals surface area contributed by atoms with Crippen LogP contribution in [-0.2, 0) is 4.79 Å². The van der Waals surface area contributed by atoms with Crippen molar-refractivity contribution in [1.82, 2.24) is 0 Å². The molecular formula is C12H15F3N2O2S. The van der Waals surface area contributed by atoms with Gasteiger partial charge in [-0.3, -0.25) is 4.79 Å². The van der Waals surface area contributed by atoms with Gasteiger partial charge < -0.3 is 15.8 Å². The van der Waals surface area contributed by atoms with E-state index in [2.05, 4.69) is 10.1 Å². The second-order valence-electron chi connectivity index (χ2n) is 3.95. The number of nitrogens with one attached hydrogen (secondary N) is 1. The van der Waals surface area contributed by atoms with Gasteiger partial charge in [-0.2, -0.15) is 11.8 Å². The molecule has 8 heteroatoms. The van der Waals surface area contributed by atoms with E-state index in [1.165, 1.54) is 12.1 Å². The average molecular weight is 308 g/mol. The molecule has 0 heterocycles. The third-order valence-electron chi connectivity index (χ3n) is 2.30. The van der Waals surface area contributed by atoms with Crippen LogP contribution >= 0.6 is 11.8 Å². The van der Waals surface area contributed by atoms with Gasteiger partial charge in [0.1, 0.15) is 5.75 Å². The molecule has 1 aromatic carbocycles. The minimum Gasteiger partial charge on any atom is -0.406 e. The van der Waals surface area contributed by atoms with Crippen LogP contribution in [0.2, 0.25) is 0 Å². The molecule has 0 saturated heterocycles. The molecule has 112 valence electrons. The van der Waals surface area contributed by atoms with Gasteiger partial charge in [0.05, 0.1) is 6.04 Å². The number of halogens is 3. The van der Waals surface area contributed by atoms with Crippen LogP contribution in [0, 0.1) is 0 Å². The lowest BCUT2D eigenvalue weighted by Crippen LogP contribution is -2.36. The number of benzene rings is 1. The zero-order chi connectivity index (χ0) is 15.2. The fraction of sp³-hybridized carbons (Fsp3) is 0.417. The van der Waals surface area contributed by atoms with E-state index in [-0.39, 0.29) is 5.69 Å². The number of rotatable bonds is 6. The summed E-state index contributed by atoms with van der Waals surface area (Å²) in [6.45, 7) is 0. The third-order valence-corrected chi connectivity index (χ3v) is 2.95. The second-order valence-corrected chi connectivity index (χ2v) is 4.94. The Labute approximate surface area is 118 Å². The molecule has 0 radical (unpaired) electrons. The Balaban J connectivity index is 2.64. The number of alkyl halides is 3. The van der Waals surface area contributed by atoms with Crippen LogP contribution in [0.5, 0.6) is 5.75 Å². The number of thioether (sulfide) groups is 1. The first kappa shape index (κ1) is 16.6. The lowest BCUT2D eigenvalue weighted by molar-refractivity contribution is -0.274. The number of amides is 1. The van der Waals surface area contributed by atoms with E-state index < -0.39 is 24.1 Å². The summed E-state index contributed by atoms with van der Waals surface area (Å²) in [7, 11) is 0. The number of anilines is 1. The predicted octanol–water partition coefficient (Wildman–Crippen LogP) is 2.60. The molecule has 3 N–H and O–H groups in total. The first-order valence-electron chi connectivity index (χ1n) is 5.73. The molecule has 0 spiro atoms. The van der Waals surface area contributed by atoms with Gasteiger partial charge >= 0.3 is 6.36 Å². The minimum absolute atomic E-state index is 0.205. The van der Waals surface area contributed by atoms with Crippen molar-refractivity contribution in [3.63, 3.8) is 0 Å². The smallest absolute Gasteiger partial charge is 0.406 e. The van der Waals surface area contributed by atoms with Crippen LogP contribution in [-0.4, -0.2) is 30.3 Å². The zero-order valence-corrected chi connectivity index (χ0v) is 11.6. The SMILES string of the molecule is CSCC[C@@H](N)C(=O)Nc1cccc(OC(F)(F)F)c1. The monoisotopic (exact) mass is 308 g/mol. The molecule has 0 aliphatic carbocycles. The first-order chi connectivity index (χ1) is 9.31. The molecule has 1 rings (SSSR count). The summed E-state index contributed by atoms with van der Waals surface area (Å²) in [4.78, 5) is 11.7. The average Bonchev–Trinajstić information content (AvgIpc) is 2.34. The van der Waals surface area contributed by atoms with E-state index in [0.717, 1.165) is 17.9 Å². The molecule has 0 aromatic heterocycles. The quantitative estimate of drug-likeness (QED) is 0.848. The van der Waals surface area contributed by atoms with Crippen molar-refractivity contribution < 1.29 is 22.7 Å². The highest BCUT2D eigenvalue weighted by atomic mass is 32.2. The summed E-state index contributed by atoms with van der Waals surface area (Å²) in [5.74, 6) is -0.109. The molecule has 0 aliphatic heterocycles. The van der Waals surface area contributed by atoms with Crippen molar-refractivity contribution in [2.75, 3.05) is 17.3 Å². The van der Waals surface area contributed by atoms with E-state index in [0.29, 0.717) is 6.42 Å². The maximum Gasteiger partial charge on any atom is 0.573 e. The van der Waals surface area contributed by atoms with Gasteiger partial charge in [0.2, 0.25) is 5.91 Å². The van der Waals surface area contributed by atoms with Gasteiger partial charge in [-0.05, 0) is 30.6 Å². The number of hydrogen-bond donors (Lipinski definition) is 2. The summed E-state index contributed by atoms with van der Waals surface area (Å²) >= 11 is 1.56. The standard InChI is InChI=1S/C12H15F3N2O2S/c1-20-6-5-10(16)11(18)17-8-3-2-4-9(7-8)19-12(13,14)15/h2-4,7,10H,5-6,16H2,1H3,(H,17,18)/t10-/m1/s1. The normalized spacial score (nSPS) is 12.8. The van der Waals surface area contributed by atoms with Crippen LogP contribution in [0.25, 0.3) is 0 Å². The summed E-state index contributed by atoms with van der Waals surface area (Å²) in [6, 6.07) is 4.35. The van der Waals surface area contributed by atoms with Gasteiger partial charge in [-0.1, -0.05) is 6.07 Å². The van der Waals surface area contributed by atoms with Crippen LogP contribution in [0.15, 0.2) is 24.3 Å². The zero-order valence-electron chi connectivity index (χ0n) is 10.7. The summed E-state index contributed by atoms with van der Waals surface area (Å²) in [5, 5.41) is 2.46. The number of hydrogen-bond acceptors (Lipinski definition) is 4. The largest absolute Gasteiger partial charge is 0.573 e. The van der Waals surface area contributed by atoms with Crippen molar-refractivity contribution in [3.8, 4) is 5.75 Å². The van der Waals surface area contributed by atoms with Crippen molar-refractivity contribution >= 4 is 23.4 Å². The first-order valence-corrected chi connectivity index (χ1v) is 7.12. The highest BCUT2D eigenvalue weighted by molar-refractivity contribution is 7.98. The summed E-state index contributed by atoms with van der Waals surface area (Å²) in [5.41, 5.74) is 5.86. The molecule has 0 aliphatic rings. The molecule has 4 nitrogen and oxygen atoms in total. The molecule has 1 aromatic rings.